The lowest BCUT2D eigenvalue weighted by Crippen LogP contribution is -2.50. The third kappa shape index (κ3) is 3.95. The highest BCUT2D eigenvalue weighted by atomic mass is 16.7. The van der Waals surface area contributed by atoms with Crippen LogP contribution >= 0.6 is 0 Å². The zero-order valence-corrected chi connectivity index (χ0v) is 16.0. The SMILES string of the molecule is CN(C)CCNC(=O)C(C)(C)n1nc(-c2ccc3c(c2)OCO3)ccc1=O. The Morgan fingerprint density at radius 1 is 1.22 bits per heavy atom. The largest absolute Gasteiger partial charge is 0.454 e. The predicted molar refractivity (Wildman–Crippen MR) is 101 cm³/mol. The molecule has 3 rings (SSSR count). The van der Waals surface area contributed by atoms with E-state index in [9.17, 15) is 9.59 Å². The molecule has 1 amide bonds. The van der Waals surface area contributed by atoms with Crippen LogP contribution in [0.3, 0.4) is 0 Å². The van der Waals surface area contributed by atoms with Gasteiger partial charge in [0.15, 0.2) is 11.5 Å². The zero-order chi connectivity index (χ0) is 19.6. The minimum atomic E-state index is -1.13. The molecule has 2 aromatic rings. The van der Waals surface area contributed by atoms with Gasteiger partial charge in [-0.2, -0.15) is 5.10 Å². The van der Waals surface area contributed by atoms with E-state index in [2.05, 4.69) is 10.4 Å². The van der Waals surface area contributed by atoms with Gasteiger partial charge in [-0.15, -0.1) is 0 Å². The Bertz CT molecular complexity index is 905. The number of nitrogens with zero attached hydrogens (tertiary/aromatic N) is 3. The van der Waals surface area contributed by atoms with E-state index in [0.717, 1.165) is 5.56 Å². The number of hydrogen-bond acceptors (Lipinski definition) is 6. The minimum Gasteiger partial charge on any atom is -0.454 e. The fourth-order valence-electron chi connectivity index (χ4n) is 2.73. The first kappa shape index (κ1) is 18.9. The lowest BCUT2D eigenvalue weighted by atomic mass is 10.0. The van der Waals surface area contributed by atoms with Crippen molar-refractivity contribution >= 4 is 5.91 Å². The van der Waals surface area contributed by atoms with Crippen LogP contribution < -0.4 is 20.3 Å². The Labute approximate surface area is 157 Å². The molecule has 144 valence electrons. The molecule has 0 unspecified atom stereocenters. The summed E-state index contributed by atoms with van der Waals surface area (Å²) in [6.07, 6.45) is 0. The molecule has 8 nitrogen and oxygen atoms in total. The minimum absolute atomic E-state index is 0.186. The number of ether oxygens (including phenoxy) is 2. The van der Waals surface area contributed by atoms with Gasteiger partial charge in [0, 0.05) is 24.7 Å². The standard InChI is InChI=1S/C19H24N4O4/c1-19(2,18(25)20-9-10-22(3)4)23-17(24)8-6-14(21-23)13-5-7-15-16(11-13)27-12-26-15/h5-8,11H,9-10,12H2,1-4H3,(H,20,25). The van der Waals surface area contributed by atoms with Crippen molar-refractivity contribution in [2.24, 2.45) is 0 Å². The number of amides is 1. The van der Waals surface area contributed by atoms with Crippen molar-refractivity contribution < 1.29 is 14.3 Å². The van der Waals surface area contributed by atoms with Crippen molar-refractivity contribution in [2.45, 2.75) is 19.4 Å². The van der Waals surface area contributed by atoms with Gasteiger partial charge in [-0.1, -0.05) is 0 Å². The van der Waals surface area contributed by atoms with E-state index < -0.39 is 5.54 Å². The van der Waals surface area contributed by atoms with Crippen molar-refractivity contribution in [1.29, 1.82) is 0 Å². The summed E-state index contributed by atoms with van der Waals surface area (Å²) in [6.45, 7) is 4.74. The van der Waals surface area contributed by atoms with Crippen LogP contribution in [0.5, 0.6) is 11.5 Å². The van der Waals surface area contributed by atoms with Gasteiger partial charge in [0.1, 0.15) is 5.54 Å². The van der Waals surface area contributed by atoms with Crippen LogP contribution in [0.2, 0.25) is 0 Å². The molecule has 0 spiro atoms. The maximum absolute atomic E-state index is 12.6. The van der Waals surface area contributed by atoms with Crippen LogP contribution in [0.25, 0.3) is 11.3 Å². The van der Waals surface area contributed by atoms with E-state index in [1.807, 2.05) is 31.1 Å². The lowest BCUT2D eigenvalue weighted by Gasteiger charge is -2.25. The molecule has 1 N–H and O–H groups in total. The smallest absolute Gasteiger partial charge is 0.267 e. The average Bonchev–Trinajstić information content (AvgIpc) is 3.09. The van der Waals surface area contributed by atoms with E-state index in [4.69, 9.17) is 9.47 Å². The summed E-state index contributed by atoms with van der Waals surface area (Å²) in [7, 11) is 3.86. The van der Waals surface area contributed by atoms with Crippen LogP contribution in [0, 0.1) is 0 Å². The number of carbonyl (C=O) groups is 1. The molecule has 0 aliphatic carbocycles. The average molecular weight is 372 g/mol. The maximum Gasteiger partial charge on any atom is 0.267 e. The number of benzene rings is 1. The highest BCUT2D eigenvalue weighted by Gasteiger charge is 2.32. The summed E-state index contributed by atoms with van der Waals surface area (Å²) in [6, 6.07) is 8.50. The first-order chi connectivity index (χ1) is 12.8. The summed E-state index contributed by atoms with van der Waals surface area (Å²) in [5.74, 6) is 1.04. The second-order valence-electron chi connectivity index (χ2n) is 7.15. The Morgan fingerprint density at radius 3 is 2.70 bits per heavy atom. The van der Waals surface area contributed by atoms with Gasteiger partial charge in [-0.25, -0.2) is 4.68 Å². The molecule has 1 aliphatic rings. The van der Waals surface area contributed by atoms with Crippen molar-refractivity contribution in [2.75, 3.05) is 34.0 Å². The van der Waals surface area contributed by atoms with Crippen LogP contribution in [0.4, 0.5) is 0 Å². The summed E-state index contributed by atoms with van der Waals surface area (Å²) in [5, 5.41) is 7.30. The molecule has 1 aliphatic heterocycles. The lowest BCUT2D eigenvalue weighted by molar-refractivity contribution is -0.129. The molecular formula is C19H24N4O4. The van der Waals surface area contributed by atoms with Gasteiger partial charge < -0.3 is 19.7 Å². The molecule has 8 heteroatoms. The molecule has 0 radical (unpaired) electrons. The number of nitrogens with one attached hydrogen (secondary N) is 1. The normalized spacial score (nSPS) is 13.1. The molecule has 1 aromatic carbocycles. The number of fused-ring (bicyclic) bond motifs is 1. The highest BCUT2D eigenvalue weighted by Crippen LogP contribution is 2.35. The Morgan fingerprint density at radius 2 is 1.96 bits per heavy atom. The third-order valence-electron chi connectivity index (χ3n) is 4.40. The van der Waals surface area contributed by atoms with Gasteiger partial charge in [-0.05, 0) is 52.2 Å². The Balaban J connectivity index is 1.88. The monoisotopic (exact) mass is 372 g/mol. The number of hydrogen-bond donors (Lipinski definition) is 1. The Hall–Kier alpha value is -2.87. The molecule has 0 saturated carbocycles. The molecule has 0 saturated heterocycles. The molecular weight excluding hydrogens is 348 g/mol. The van der Waals surface area contributed by atoms with E-state index in [1.165, 1.54) is 10.7 Å². The van der Waals surface area contributed by atoms with Crippen LogP contribution in [0.1, 0.15) is 13.8 Å². The van der Waals surface area contributed by atoms with Gasteiger partial charge >= 0.3 is 0 Å². The Kier molecular flexibility index (Phi) is 5.18. The van der Waals surface area contributed by atoms with Crippen LogP contribution in [0.15, 0.2) is 35.1 Å². The second kappa shape index (κ2) is 7.40. The molecule has 0 atom stereocenters. The van der Waals surface area contributed by atoms with Crippen LogP contribution in [-0.2, 0) is 10.3 Å². The molecule has 0 fully saturated rings. The first-order valence-electron chi connectivity index (χ1n) is 8.73. The van der Waals surface area contributed by atoms with Crippen molar-refractivity contribution in [3.63, 3.8) is 0 Å². The van der Waals surface area contributed by atoms with Gasteiger partial charge in [-0.3, -0.25) is 9.59 Å². The fourth-order valence-corrected chi connectivity index (χ4v) is 2.73. The highest BCUT2D eigenvalue weighted by molar-refractivity contribution is 5.83. The molecule has 2 heterocycles. The molecule has 0 bridgehead atoms. The van der Waals surface area contributed by atoms with Crippen molar-refractivity contribution in [3.8, 4) is 22.8 Å². The van der Waals surface area contributed by atoms with Crippen LogP contribution in [-0.4, -0.2) is 54.6 Å². The van der Waals surface area contributed by atoms with E-state index in [1.54, 1.807) is 26.0 Å². The summed E-state index contributed by atoms with van der Waals surface area (Å²) < 4.78 is 11.9. The van der Waals surface area contributed by atoms with E-state index >= 15 is 0 Å². The van der Waals surface area contributed by atoms with Gasteiger partial charge in [0.05, 0.1) is 5.69 Å². The number of likely N-dealkylation sites (N-methyl/N-ethyl adjacent to an activating group) is 1. The third-order valence-corrected chi connectivity index (χ3v) is 4.40. The zero-order valence-electron chi connectivity index (χ0n) is 16.0. The maximum atomic E-state index is 12.6. The molecule has 27 heavy (non-hydrogen) atoms. The topological polar surface area (TPSA) is 85.7 Å². The van der Waals surface area contributed by atoms with Crippen molar-refractivity contribution in [3.05, 3.63) is 40.7 Å². The summed E-state index contributed by atoms with van der Waals surface area (Å²) in [4.78, 5) is 27.0. The summed E-state index contributed by atoms with van der Waals surface area (Å²) >= 11 is 0. The number of rotatable bonds is 6. The van der Waals surface area contributed by atoms with Crippen molar-refractivity contribution in [1.82, 2.24) is 20.0 Å². The quantitative estimate of drug-likeness (QED) is 0.816. The van der Waals surface area contributed by atoms with E-state index in [0.29, 0.717) is 30.3 Å². The van der Waals surface area contributed by atoms with E-state index in [-0.39, 0.29) is 18.3 Å². The van der Waals surface area contributed by atoms with Gasteiger partial charge in [0.25, 0.3) is 5.56 Å². The van der Waals surface area contributed by atoms with Gasteiger partial charge in [0.2, 0.25) is 12.7 Å². The number of aromatic nitrogens is 2. The summed E-state index contributed by atoms with van der Waals surface area (Å²) in [5.41, 5.74) is -0.124. The first-order valence-corrected chi connectivity index (χ1v) is 8.73. The number of carbonyl (C=O) groups excluding carboxylic acids is 1. The second-order valence-corrected chi connectivity index (χ2v) is 7.15. The predicted octanol–water partition coefficient (Wildman–Crippen LogP) is 1.05. The fraction of sp³-hybridized carbons (Fsp3) is 0.421. The molecule has 1 aromatic heterocycles.